The van der Waals surface area contributed by atoms with Crippen LogP contribution in [-0.2, 0) is 9.59 Å². The molecule has 1 amide bonds. The van der Waals surface area contributed by atoms with Gasteiger partial charge in [0.15, 0.2) is 11.4 Å². The molecule has 6 atom stereocenters. The van der Waals surface area contributed by atoms with Crippen molar-refractivity contribution in [3.63, 3.8) is 0 Å². The number of Topliss-reactive ketones (excluding diaryl/α,β-unsaturated/α-hetero) is 2. The predicted molar refractivity (Wildman–Crippen MR) is 133 cm³/mol. The number of likely N-dealkylation sites (N-methyl/N-ethyl adjacent to an activating group) is 1. The molecule has 3 aliphatic carbocycles. The third-order valence-electron chi connectivity index (χ3n) is 8.05. The summed E-state index contributed by atoms with van der Waals surface area (Å²) in [6.07, 6.45) is -0.0953. The lowest BCUT2D eigenvalue weighted by Crippen LogP contribution is -2.68. The fourth-order valence-electron chi connectivity index (χ4n) is 6.45. The van der Waals surface area contributed by atoms with Crippen molar-refractivity contribution >= 4 is 17.5 Å². The van der Waals surface area contributed by atoms with E-state index in [9.17, 15) is 39.9 Å². The summed E-state index contributed by atoms with van der Waals surface area (Å²) < 4.78 is 0. The van der Waals surface area contributed by atoms with Crippen molar-refractivity contribution in [2.24, 2.45) is 17.6 Å². The van der Waals surface area contributed by atoms with E-state index in [2.05, 4.69) is 4.98 Å². The summed E-state index contributed by atoms with van der Waals surface area (Å²) in [5.74, 6) is -9.31. The number of nitrogens with two attached hydrogens (primary N) is 1. The number of carbonyl (C=O) groups excluding carboxylic acids is 3. The number of benzene rings is 1. The molecule has 0 aliphatic heterocycles. The Kier molecular flexibility index (Phi) is 5.71. The van der Waals surface area contributed by atoms with Crippen LogP contribution in [0.15, 0.2) is 59.2 Å². The third kappa shape index (κ3) is 3.12. The topological polar surface area (TPSA) is 195 Å². The van der Waals surface area contributed by atoms with Gasteiger partial charge in [0.25, 0.3) is 5.91 Å². The molecule has 1 aromatic heterocycles. The van der Waals surface area contributed by atoms with Crippen LogP contribution in [0.25, 0.3) is 11.3 Å². The van der Waals surface area contributed by atoms with Gasteiger partial charge < -0.3 is 31.3 Å². The number of carbonyl (C=O) groups is 3. The van der Waals surface area contributed by atoms with Crippen LogP contribution in [0.3, 0.4) is 0 Å². The van der Waals surface area contributed by atoms with Gasteiger partial charge in [-0.2, -0.15) is 0 Å². The van der Waals surface area contributed by atoms with Gasteiger partial charge in [-0.1, -0.05) is 13.0 Å². The number of phenols is 1. The van der Waals surface area contributed by atoms with Crippen LogP contribution in [0.5, 0.6) is 5.75 Å². The molecule has 0 bridgehead atoms. The summed E-state index contributed by atoms with van der Waals surface area (Å²) in [6.45, 7) is 1.68. The first kappa shape index (κ1) is 25.6. The van der Waals surface area contributed by atoms with Gasteiger partial charge in [0, 0.05) is 23.3 Å². The van der Waals surface area contributed by atoms with E-state index in [4.69, 9.17) is 5.73 Å². The second kappa shape index (κ2) is 8.48. The van der Waals surface area contributed by atoms with Gasteiger partial charge in [0.1, 0.15) is 22.8 Å². The lowest BCUT2D eigenvalue weighted by atomic mass is 9.55. The van der Waals surface area contributed by atoms with Gasteiger partial charge in [0.05, 0.1) is 29.3 Å². The van der Waals surface area contributed by atoms with Crippen LogP contribution in [0, 0.1) is 11.8 Å². The molecule has 5 rings (SSSR count). The number of ketones is 2. The molecule has 0 saturated carbocycles. The van der Waals surface area contributed by atoms with Crippen LogP contribution in [0.2, 0.25) is 0 Å². The fourth-order valence-corrected chi connectivity index (χ4v) is 6.45. The zero-order valence-electron chi connectivity index (χ0n) is 20.8. The van der Waals surface area contributed by atoms with E-state index in [1.807, 2.05) is 0 Å². The van der Waals surface area contributed by atoms with Crippen molar-refractivity contribution in [1.29, 1.82) is 0 Å². The Balaban J connectivity index is 1.82. The zero-order chi connectivity index (χ0) is 27.8. The number of hydrogen-bond acceptors (Lipinski definition) is 10. The molecular weight excluding hydrogens is 494 g/mol. The van der Waals surface area contributed by atoms with Crippen LogP contribution in [0.4, 0.5) is 0 Å². The number of rotatable bonds is 3. The second-order valence-corrected chi connectivity index (χ2v) is 10.2. The van der Waals surface area contributed by atoms with Gasteiger partial charge in [0.2, 0.25) is 5.78 Å². The monoisotopic (exact) mass is 521 g/mol. The largest absolute Gasteiger partial charge is 0.510 e. The van der Waals surface area contributed by atoms with Gasteiger partial charge in [-0.05, 0) is 49.8 Å². The number of hydrogen-bond donors (Lipinski definition) is 6. The van der Waals surface area contributed by atoms with Gasteiger partial charge in [-0.3, -0.25) is 24.3 Å². The number of nitrogens with zero attached hydrogens (tertiary/aromatic N) is 2. The molecule has 11 nitrogen and oxygen atoms in total. The van der Waals surface area contributed by atoms with E-state index in [1.54, 1.807) is 37.4 Å². The van der Waals surface area contributed by atoms with Gasteiger partial charge in [-0.15, -0.1) is 0 Å². The molecule has 2 aromatic rings. The SMILES string of the molecule is CC1c2c(-c3ccccn3)ccc(O)c2C(=O)C2=C(O)C3(O)C(=O)C(C(N)=O)=C(O)C(N(C)C)C3C(O)C21. The number of aromatic nitrogens is 1. The van der Waals surface area contributed by atoms with E-state index in [0.717, 1.165) is 0 Å². The summed E-state index contributed by atoms with van der Waals surface area (Å²) >= 11 is 0. The van der Waals surface area contributed by atoms with Crippen molar-refractivity contribution in [3.8, 4) is 17.0 Å². The highest BCUT2D eigenvalue weighted by Crippen LogP contribution is 2.56. The minimum atomic E-state index is -2.95. The second-order valence-electron chi connectivity index (χ2n) is 10.2. The molecule has 1 heterocycles. The van der Waals surface area contributed by atoms with Crippen molar-refractivity contribution in [2.75, 3.05) is 14.1 Å². The quantitative estimate of drug-likeness (QED) is 0.313. The summed E-state index contributed by atoms with van der Waals surface area (Å²) in [4.78, 5) is 45.1. The van der Waals surface area contributed by atoms with Crippen LogP contribution >= 0.6 is 0 Å². The number of primary amides is 1. The number of aliphatic hydroxyl groups excluding tert-OH is 3. The molecule has 6 unspecified atom stereocenters. The van der Waals surface area contributed by atoms with E-state index in [1.165, 1.54) is 25.1 Å². The predicted octanol–water partition coefficient (Wildman–Crippen LogP) is 0.714. The maximum Gasteiger partial charge on any atom is 0.255 e. The first-order valence-electron chi connectivity index (χ1n) is 12.0. The molecule has 198 valence electrons. The van der Waals surface area contributed by atoms with E-state index in [0.29, 0.717) is 16.8 Å². The number of pyridine rings is 1. The summed E-state index contributed by atoms with van der Waals surface area (Å²) in [5, 5.41) is 56.5. The summed E-state index contributed by atoms with van der Waals surface area (Å²) in [5.41, 5.74) is 2.24. The highest BCUT2D eigenvalue weighted by molar-refractivity contribution is 6.25. The minimum Gasteiger partial charge on any atom is -0.510 e. The third-order valence-corrected chi connectivity index (χ3v) is 8.05. The number of aromatic hydroxyl groups is 1. The molecule has 3 aliphatic rings. The van der Waals surface area contributed by atoms with Crippen LogP contribution in [-0.4, -0.2) is 84.7 Å². The number of aliphatic hydroxyl groups is 4. The smallest absolute Gasteiger partial charge is 0.255 e. The van der Waals surface area contributed by atoms with E-state index in [-0.39, 0.29) is 5.56 Å². The Morgan fingerprint density at radius 3 is 2.37 bits per heavy atom. The molecule has 38 heavy (non-hydrogen) atoms. The zero-order valence-corrected chi connectivity index (χ0v) is 20.8. The Bertz CT molecular complexity index is 1460. The Hall–Kier alpha value is -4.06. The van der Waals surface area contributed by atoms with Crippen LogP contribution in [0.1, 0.15) is 28.8 Å². The summed E-state index contributed by atoms with van der Waals surface area (Å²) in [7, 11) is 2.97. The van der Waals surface area contributed by atoms with Crippen molar-refractivity contribution in [1.82, 2.24) is 9.88 Å². The maximum absolute atomic E-state index is 13.9. The first-order chi connectivity index (χ1) is 17.8. The molecule has 0 radical (unpaired) electrons. The molecule has 0 saturated heterocycles. The highest BCUT2D eigenvalue weighted by atomic mass is 16.4. The van der Waals surface area contributed by atoms with Crippen molar-refractivity contribution in [3.05, 3.63) is 70.3 Å². The lowest BCUT2D eigenvalue weighted by Gasteiger charge is -2.53. The molecule has 1 aromatic carbocycles. The number of amides is 1. The minimum absolute atomic E-state index is 0.159. The van der Waals surface area contributed by atoms with E-state index < -0.39 is 81.4 Å². The highest BCUT2D eigenvalue weighted by Gasteiger charge is 2.67. The Morgan fingerprint density at radius 1 is 1.11 bits per heavy atom. The van der Waals surface area contributed by atoms with Crippen molar-refractivity contribution < 1.29 is 39.9 Å². The Labute approximate surface area is 217 Å². The number of phenolic OH excluding ortho intramolecular Hbond substituents is 1. The summed E-state index contributed by atoms with van der Waals surface area (Å²) in [6, 6.07) is 6.78. The van der Waals surface area contributed by atoms with E-state index >= 15 is 0 Å². The average molecular weight is 522 g/mol. The maximum atomic E-state index is 13.9. The van der Waals surface area contributed by atoms with Gasteiger partial charge in [-0.25, -0.2) is 0 Å². The number of fused-ring (bicyclic) bond motifs is 3. The standard InChI is InChI=1S/C27H27N3O8/c1-10-14-11(12-6-4-5-9-29-12)7-8-13(31)16(14)21(32)17-15(10)22(33)19-20(30(2)3)23(34)18(26(28)37)25(36)27(19,38)24(17)35/h4-10,15,19-20,22,31,33-35,38H,1-3H3,(H2,28,37). The normalized spacial score (nSPS) is 30.7. The molecule has 11 heteroatoms. The molecule has 7 N–H and O–H groups in total. The lowest BCUT2D eigenvalue weighted by molar-refractivity contribution is -0.162. The Morgan fingerprint density at radius 2 is 1.79 bits per heavy atom. The average Bonchev–Trinajstić information content (AvgIpc) is 2.86. The molecule has 0 spiro atoms. The first-order valence-corrected chi connectivity index (χ1v) is 12.0. The van der Waals surface area contributed by atoms with Crippen LogP contribution < -0.4 is 5.73 Å². The van der Waals surface area contributed by atoms with Crippen molar-refractivity contribution in [2.45, 2.75) is 30.6 Å². The van der Waals surface area contributed by atoms with Gasteiger partial charge >= 0.3 is 0 Å². The molecular formula is C27H27N3O8. The fraction of sp³-hybridized carbons (Fsp3) is 0.333. The molecule has 0 fully saturated rings.